The van der Waals surface area contributed by atoms with Crippen LogP contribution in [0.4, 0.5) is 0 Å². The van der Waals surface area contributed by atoms with E-state index in [2.05, 4.69) is 58.0 Å². The highest BCUT2D eigenvalue weighted by molar-refractivity contribution is 5.33. The van der Waals surface area contributed by atoms with Gasteiger partial charge in [-0.3, -0.25) is 0 Å². The van der Waals surface area contributed by atoms with Crippen molar-refractivity contribution in [2.75, 3.05) is 14.1 Å². The zero-order chi connectivity index (χ0) is 13.8. The number of benzene rings is 1. The van der Waals surface area contributed by atoms with E-state index in [1.54, 1.807) is 0 Å². The molecule has 98 valence electrons. The van der Waals surface area contributed by atoms with Crippen molar-refractivity contribution in [1.29, 1.82) is 5.26 Å². The molecule has 1 aromatic carbocycles. The van der Waals surface area contributed by atoms with Gasteiger partial charge in [0.2, 0.25) is 0 Å². The fourth-order valence-corrected chi connectivity index (χ4v) is 2.31. The summed E-state index contributed by atoms with van der Waals surface area (Å²) in [6.07, 6.45) is 0.859. The maximum Gasteiger partial charge on any atom is 0.0859 e. The van der Waals surface area contributed by atoms with E-state index in [1.165, 1.54) is 0 Å². The number of rotatable bonds is 5. The number of nitrogens with zero attached hydrogens (tertiary/aromatic N) is 2. The van der Waals surface area contributed by atoms with Gasteiger partial charge in [-0.15, -0.1) is 0 Å². The Kier molecular flexibility index (Phi) is 4.93. The van der Waals surface area contributed by atoms with Gasteiger partial charge in [0.15, 0.2) is 0 Å². The predicted octanol–water partition coefficient (Wildman–Crippen LogP) is 3.44. The molecule has 0 bridgehead atoms. The average molecular weight is 244 g/mol. The molecule has 2 atom stereocenters. The van der Waals surface area contributed by atoms with Gasteiger partial charge >= 0.3 is 0 Å². The van der Waals surface area contributed by atoms with Gasteiger partial charge in [-0.1, -0.05) is 44.2 Å². The normalized spacial score (nSPS) is 16.3. The monoisotopic (exact) mass is 244 g/mol. The lowest BCUT2D eigenvalue weighted by Gasteiger charge is -2.35. The fraction of sp³-hybridized carbons (Fsp3) is 0.562. The van der Waals surface area contributed by atoms with Crippen molar-refractivity contribution < 1.29 is 0 Å². The molecule has 0 aromatic heterocycles. The lowest BCUT2D eigenvalue weighted by molar-refractivity contribution is 0.233. The lowest BCUT2D eigenvalue weighted by atomic mass is 9.69. The van der Waals surface area contributed by atoms with E-state index in [0.717, 1.165) is 12.0 Å². The Morgan fingerprint density at radius 1 is 1.17 bits per heavy atom. The number of hydrogen-bond acceptors (Lipinski definition) is 2. The maximum absolute atomic E-state index is 9.76. The molecule has 1 aromatic rings. The predicted molar refractivity (Wildman–Crippen MR) is 76.3 cm³/mol. The van der Waals surface area contributed by atoms with Crippen LogP contribution in [0, 0.1) is 17.2 Å². The summed E-state index contributed by atoms with van der Waals surface area (Å²) in [5, 5.41) is 9.76. The molecule has 0 amide bonds. The Hall–Kier alpha value is -1.33. The third-order valence-electron chi connectivity index (χ3n) is 3.97. The Labute approximate surface area is 111 Å². The van der Waals surface area contributed by atoms with Gasteiger partial charge in [-0.2, -0.15) is 5.26 Å². The molecule has 0 saturated heterocycles. The summed E-state index contributed by atoms with van der Waals surface area (Å²) in [5.41, 5.74) is 0.738. The zero-order valence-electron chi connectivity index (χ0n) is 12.1. The van der Waals surface area contributed by atoms with E-state index in [1.807, 2.05) is 18.2 Å². The fourth-order valence-electron chi connectivity index (χ4n) is 2.31. The molecule has 0 unspecified atom stereocenters. The van der Waals surface area contributed by atoms with Gasteiger partial charge in [0.05, 0.1) is 11.5 Å². The first-order chi connectivity index (χ1) is 8.44. The molecule has 0 radical (unpaired) electrons. The third kappa shape index (κ3) is 2.91. The highest BCUT2D eigenvalue weighted by Crippen LogP contribution is 2.36. The summed E-state index contributed by atoms with van der Waals surface area (Å²) in [5.74, 6) is 0.298. The number of hydrogen-bond donors (Lipinski definition) is 0. The molecular weight excluding hydrogens is 220 g/mol. The first-order valence-electron chi connectivity index (χ1n) is 6.57. The van der Waals surface area contributed by atoms with Crippen LogP contribution in [-0.4, -0.2) is 25.0 Å². The van der Waals surface area contributed by atoms with E-state index in [0.29, 0.717) is 12.0 Å². The largest absolute Gasteiger partial charge is 0.307 e. The van der Waals surface area contributed by atoms with Gasteiger partial charge in [0, 0.05) is 6.04 Å². The molecule has 0 aliphatic heterocycles. The summed E-state index contributed by atoms with van der Waals surface area (Å²) in [7, 11) is 4.14. The summed E-state index contributed by atoms with van der Waals surface area (Å²) < 4.78 is 0. The Balaban J connectivity index is 3.16. The van der Waals surface area contributed by atoms with Crippen LogP contribution in [0.3, 0.4) is 0 Å². The Bertz CT molecular complexity index is 403. The van der Waals surface area contributed by atoms with Crippen LogP contribution in [0.1, 0.15) is 32.8 Å². The van der Waals surface area contributed by atoms with E-state index >= 15 is 0 Å². The molecule has 0 N–H and O–H groups in total. The highest BCUT2D eigenvalue weighted by Gasteiger charge is 2.37. The Morgan fingerprint density at radius 2 is 1.72 bits per heavy atom. The van der Waals surface area contributed by atoms with Gasteiger partial charge in [0.1, 0.15) is 0 Å². The standard InChI is InChI=1S/C16H24N2/c1-13(2)16(12-17,11-14(3)18(4)5)15-9-7-6-8-10-15/h6-10,13-14H,11H2,1-5H3/t14-,16+/m1/s1. The topological polar surface area (TPSA) is 27.0 Å². The third-order valence-corrected chi connectivity index (χ3v) is 3.97. The molecule has 2 nitrogen and oxygen atoms in total. The zero-order valence-corrected chi connectivity index (χ0v) is 12.1. The second kappa shape index (κ2) is 6.02. The molecule has 18 heavy (non-hydrogen) atoms. The summed E-state index contributed by atoms with van der Waals surface area (Å²) in [6.45, 7) is 6.45. The minimum atomic E-state index is -0.398. The number of nitriles is 1. The van der Waals surface area contributed by atoms with Crippen molar-refractivity contribution in [2.24, 2.45) is 5.92 Å². The van der Waals surface area contributed by atoms with E-state index in [4.69, 9.17) is 0 Å². The highest BCUT2D eigenvalue weighted by atomic mass is 15.1. The molecule has 0 aliphatic rings. The molecular formula is C16H24N2. The molecule has 2 heteroatoms. The first-order valence-corrected chi connectivity index (χ1v) is 6.57. The van der Waals surface area contributed by atoms with Crippen LogP contribution in [0.15, 0.2) is 30.3 Å². The van der Waals surface area contributed by atoms with Crippen molar-refractivity contribution in [3.8, 4) is 6.07 Å². The van der Waals surface area contributed by atoms with Crippen LogP contribution in [0.5, 0.6) is 0 Å². The molecule has 0 spiro atoms. The lowest BCUT2D eigenvalue weighted by Crippen LogP contribution is -2.38. The molecule has 1 rings (SSSR count). The van der Waals surface area contributed by atoms with E-state index in [9.17, 15) is 5.26 Å². The van der Waals surface area contributed by atoms with Crippen molar-refractivity contribution in [3.05, 3.63) is 35.9 Å². The minimum absolute atomic E-state index is 0.298. The summed E-state index contributed by atoms with van der Waals surface area (Å²) in [4.78, 5) is 2.18. The first kappa shape index (κ1) is 14.7. The summed E-state index contributed by atoms with van der Waals surface area (Å²) in [6, 6.07) is 13.2. The van der Waals surface area contributed by atoms with Crippen LogP contribution < -0.4 is 0 Å². The SMILES string of the molecule is CC(C)[C@@](C#N)(C[C@@H](C)N(C)C)c1ccccc1. The van der Waals surface area contributed by atoms with Crippen molar-refractivity contribution in [2.45, 2.75) is 38.6 Å². The average Bonchev–Trinajstić information content (AvgIpc) is 2.36. The van der Waals surface area contributed by atoms with Gasteiger partial charge in [-0.05, 0) is 38.9 Å². The van der Waals surface area contributed by atoms with Crippen LogP contribution in [0.2, 0.25) is 0 Å². The minimum Gasteiger partial charge on any atom is -0.307 e. The molecule has 0 heterocycles. The van der Waals surface area contributed by atoms with Crippen LogP contribution >= 0.6 is 0 Å². The Morgan fingerprint density at radius 3 is 2.11 bits per heavy atom. The van der Waals surface area contributed by atoms with Crippen LogP contribution in [-0.2, 0) is 5.41 Å². The molecule has 0 aliphatic carbocycles. The van der Waals surface area contributed by atoms with E-state index in [-0.39, 0.29) is 0 Å². The van der Waals surface area contributed by atoms with Crippen molar-refractivity contribution in [1.82, 2.24) is 4.90 Å². The van der Waals surface area contributed by atoms with Crippen molar-refractivity contribution in [3.63, 3.8) is 0 Å². The van der Waals surface area contributed by atoms with Crippen molar-refractivity contribution >= 4 is 0 Å². The smallest absolute Gasteiger partial charge is 0.0859 e. The second-order valence-corrected chi connectivity index (χ2v) is 5.62. The summed E-state index contributed by atoms with van der Waals surface area (Å²) >= 11 is 0. The van der Waals surface area contributed by atoms with Gasteiger partial charge in [-0.25, -0.2) is 0 Å². The molecule has 0 saturated carbocycles. The van der Waals surface area contributed by atoms with Gasteiger partial charge in [0.25, 0.3) is 0 Å². The van der Waals surface area contributed by atoms with Crippen LogP contribution in [0.25, 0.3) is 0 Å². The quantitative estimate of drug-likeness (QED) is 0.793. The molecule has 0 fully saturated rings. The van der Waals surface area contributed by atoms with Gasteiger partial charge < -0.3 is 4.90 Å². The maximum atomic E-state index is 9.76. The second-order valence-electron chi connectivity index (χ2n) is 5.62. The van der Waals surface area contributed by atoms with E-state index < -0.39 is 5.41 Å².